The van der Waals surface area contributed by atoms with Crippen LogP contribution in [0.1, 0.15) is 32.8 Å². The van der Waals surface area contributed by atoms with E-state index < -0.39 is 11.7 Å². The van der Waals surface area contributed by atoms with Crippen molar-refractivity contribution in [2.45, 2.75) is 32.8 Å². The Kier molecular flexibility index (Phi) is 8.17. The van der Waals surface area contributed by atoms with E-state index in [0.29, 0.717) is 11.4 Å². The normalized spacial score (nSPS) is 11.0. The third-order valence-electron chi connectivity index (χ3n) is 3.66. The second-order valence-corrected chi connectivity index (χ2v) is 7.54. The van der Waals surface area contributed by atoms with Crippen LogP contribution in [0.25, 0.3) is 6.08 Å². The van der Waals surface area contributed by atoms with Crippen molar-refractivity contribution in [3.8, 4) is 0 Å². The number of rotatable bonds is 7. The second kappa shape index (κ2) is 10.8. The SMILES string of the molecule is CC(C)(C)OC(=O)NCCC(=O)Nc1cccc(NC(=O)/C=C/c2ccccc2)c1. The molecule has 0 bridgehead atoms. The van der Waals surface area contributed by atoms with Gasteiger partial charge >= 0.3 is 6.09 Å². The van der Waals surface area contributed by atoms with E-state index in [2.05, 4.69) is 16.0 Å². The minimum atomic E-state index is -0.590. The van der Waals surface area contributed by atoms with Crippen LogP contribution in [0.5, 0.6) is 0 Å². The summed E-state index contributed by atoms with van der Waals surface area (Å²) in [5, 5.41) is 8.02. The average molecular weight is 409 g/mol. The van der Waals surface area contributed by atoms with Crippen LogP contribution >= 0.6 is 0 Å². The van der Waals surface area contributed by atoms with E-state index >= 15 is 0 Å². The van der Waals surface area contributed by atoms with Crippen molar-refractivity contribution in [2.24, 2.45) is 0 Å². The summed E-state index contributed by atoms with van der Waals surface area (Å²) < 4.78 is 5.11. The number of anilines is 2. The van der Waals surface area contributed by atoms with E-state index in [1.54, 1.807) is 51.1 Å². The summed E-state index contributed by atoms with van der Waals surface area (Å²) in [4.78, 5) is 35.7. The highest BCUT2D eigenvalue weighted by Crippen LogP contribution is 2.15. The lowest BCUT2D eigenvalue weighted by atomic mass is 10.2. The lowest BCUT2D eigenvalue weighted by Gasteiger charge is -2.19. The molecule has 0 saturated heterocycles. The Morgan fingerprint density at radius 3 is 2.27 bits per heavy atom. The van der Waals surface area contributed by atoms with Crippen molar-refractivity contribution in [2.75, 3.05) is 17.2 Å². The minimum Gasteiger partial charge on any atom is -0.444 e. The molecule has 0 spiro atoms. The lowest BCUT2D eigenvalue weighted by molar-refractivity contribution is -0.116. The van der Waals surface area contributed by atoms with E-state index in [-0.39, 0.29) is 24.8 Å². The molecule has 2 aromatic carbocycles. The molecule has 7 nitrogen and oxygen atoms in total. The number of nitrogens with one attached hydrogen (secondary N) is 3. The molecule has 0 aliphatic carbocycles. The number of alkyl carbamates (subject to hydrolysis) is 1. The molecule has 2 rings (SSSR count). The van der Waals surface area contributed by atoms with Gasteiger partial charge in [-0.25, -0.2) is 4.79 Å². The Morgan fingerprint density at radius 1 is 0.933 bits per heavy atom. The Morgan fingerprint density at radius 2 is 1.60 bits per heavy atom. The summed E-state index contributed by atoms with van der Waals surface area (Å²) in [7, 11) is 0. The van der Waals surface area contributed by atoms with Gasteiger partial charge in [0.1, 0.15) is 5.60 Å². The fourth-order valence-corrected chi connectivity index (χ4v) is 2.41. The summed E-state index contributed by atoms with van der Waals surface area (Å²) in [6.07, 6.45) is 2.69. The molecule has 0 unspecified atom stereocenters. The Labute approximate surface area is 176 Å². The molecule has 158 valence electrons. The van der Waals surface area contributed by atoms with Gasteiger partial charge in [-0.05, 0) is 50.6 Å². The topological polar surface area (TPSA) is 96.5 Å². The molecule has 3 amide bonds. The summed E-state index contributed by atoms with van der Waals surface area (Å²) in [5.41, 5.74) is 1.44. The summed E-state index contributed by atoms with van der Waals surface area (Å²) in [6, 6.07) is 16.3. The van der Waals surface area contributed by atoms with Crippen molar-refractivity contribution >= 4 is 35.4 Å². The van der Waals surface area contributed by atoms with Crippen molar-refractivity contribution in [3.63, 3.8) is 0 Å². The largest absolute Gasteiger partial charge is 0.444 e. The number of ether oxygens (including phenoxy) is 1. The van der Waals surface area contributed by atoms with Crippen LogP contribution in [0.15, 0.2) is 60.7 Å². The van der Waals surface area contributed by atoms with Crippen LogP contribution in [0.3, 0.4) is 0 Å². The van der Waals surface area contributed by atoms with Gasteiger partial charge in [-0.1, -0.05) is 36.4 Å². The fraction of sp³-hybridized carbons (Fsp3) is 0.261. The molecule has 0 aliphatic heterocycles. The molecule has 2 aromatic rings. The van der Waals surface area contributed by atoms with E-state index in [4.69, 9.17) is 4.74 Å². The van der Waals surface area contributed by atoms with E-state index in [1.165, 1.54) is 6.08 Å². The Hall–Kier alpha value is -3.61. The highest BCUT2D eigenvalue weighted by Gasteiger charge is 2.15. The molecular formula is C23H27N3O4. The zero-order chi connectivity index (χ0) is 22.0. The third kappa shape index (κ3) is 9.05. The molecule has 0 saturated carbocycles. The highest BCUT2D eigenvalue weighted by molar-refractivity contribution is 6.02. The summed E-state index contributed by atoms with van der Waals surface area (Å²) in [6.45, 7) is 5.45. The maximum Gasteiger partial charge on any atom is 0.407 e. The lowest BCUT2D eigenvalue weighted by Crippen LogP contribution is -2.34. The zero-order valence-corrected chi connectivity index (χ0v) is 17.4. The molecule has 0 radical (unpaired) electrons. The van der Waals surface area contributed by atoms with Crippen LogP contribution in [0, 0.1) is 0 Å². The molecular weight excluding hydrogens is 382 g/mol. The van der Waals surface area contributed by atoms with E-state index in [0.717, 1.165) is 5.56 Å². The first-order chi connectivity index (χ1) is 14.2. The van der Waals surface area contributed by atoms with Gasteiger partial charge in [0.15, 0.2) is 0 Å². The van der Waals surface area contributed by atoms with Crippen molar-refractivity contribution < 1.29 is 19.1 Å². The van der Waals surface area contributed by atoms with Crippen LogP contribution in [0.2, 0.25) is 0 Å². The molecule has 0 aromatic heterocycles. The smallest absolute Gasteiger partial charge is 0.407 e. The maximum absolute atomic E-state index is 12.1. The number of hydrogen-bond acceptors (Lipinski definition) is 4. The van der Waals surface area contributed by atoms with Crippen molar-refractivity contribution in [1.29, 1.82) is 0 Å². The van der Waals surface area contributed by atoms with Gasteiger partial charge in [0.2, 0.25) is 11.8 Å². The second-order valence-electron chi connectivity index (χ2n) is 7.54. The predicted octanol–water partition coefficient (Wildman–Crippen LogP) is 4.19. The summed E-state index contributed by atoms with van der Waals surface area (Å²) >= 11 is 0. The Balaban J connectivity index is 1.80. The van der Waals surface area contributed by atoms with Gasteiger partial charge in [0.05, 0.1) is 0 Å². The molecule has 7 heteroatoms. The number of benzene rings is 2. The standard InChI is InChI=1S/C23H27N3O4/c1-23(2,3)30-22(29)24-15-14-21(28)26-19-11-7-10-18(16-19)25-20(27)13-12-17-8-5-4-6-9-17/h4-13,16H,14-15H2,1-3H3,(H,24,29)(H,25,27)(H,26,28)/b13-12+. The molecule has 0 aliphatic rings. The van der Waals surface area contributed by atoms with E-state index in [9.17, 15) is 14.4 Å². The summed E-state index contributed by atoms with van der Waals surface area (Å²) in [5.74, 6) is -0.539. The third-order valence-corrected chi connectivity index (χ3v) is 3.66. The average Bonchev–Trinajstić information content (AvgIpc) is 2.66. The molecule has 3 N–H and O–H groups in total. The quantitative estimate of drug-likeness (QED) is 0.597. The van der Waals surface area contributed by atoms with Gasteiger partial charge < -0.3 is 20.7 Å². The number of amides is 3. The number of carbonyl (C=O) groups is 3. The van der Waals surface area contributed by atoms with Crippen molar-refractivity contribution in [3.05, 3.63) is 66.2 Å². The maximum atomic E-state index is 12.1. The van der Waals surface area contributed by atoms with Crippen LogP contribution in [0.4, 0.5) is 16.2 Å². The molecule has 0 fully saturated rings. The van der Waals surface area contributed by atoms with Crippen LogP contribution in [-0.4, -0.2) is 30.1 Å². The monoisotopic (exact) mass is 409 g/mol. The van der Waals surface area contributed by atoms with Crippen LogP contribution in [-0.2, 0) is 14.3 Å². The molecule has 30 heavy (non-hydrogen) atoms. The zero-order valence-electron chi connectivity index (χ0n) is 17.4. The number of carbonyl (C=O) groups excluding carboxylic acids is 3. The van der Waals surface area contributed by atoms with Gasteiger partial charge in [-0.2, -0.15) is 0 Å². The van der Waals surface area contributed by atoms with Crippen molar-refractivity contribution in [1.82, 2.24) is 5.32 Å². The minimum absolute atomic E-state index is 0.0929. The van der Waals surface area contributed by atoms with Gasteiger partial charge in [-0.3, -0.25) is 9.59 Å². The van der Waals surface area contributed by atoms with Gasteiger partial charge in [0.25, 0.3) is 0 Å². The Bertz CT molecular complexity index is 902. The molecule has 0 heterocycles. The van der Waals surface area contributed by atoms with Crippen LogP contribution < -0.4 is 16.0 Å². The van der Waals surface area contributed by atoms with E-state index in [1.807, 2.05) is 30.3 Å². The van der Waals surface area contributed by atoms with Gasteiger partial charge in [0, 0.05) is 30.4 Å². The fourth-order valence-electron chi connectivity index (χ4n) is 2.41. The highest BCUT2D eigenvalue weighted by atomic mass is 16.6. The first-order valence-corrected chi connectivity index (χ1v) is 9.62. The number of hydrogen-bond donors (Lipinski definition) is 3. The predicted molar refractivity (Wildman–Crippen MR) is 118 cm³/mol. The van der Waals surface area contributed by atoms with Gasteiger partial charge in [-0.15, -0.1) is 0 Å². The molecule has 0 atom stereocenters. The first-order valence-electron chi connectivity index (χ1n) is 9.62. The first kappa shape index (κ1) is 22.7.